The van der Waals surface area contributed by atoms with Gasteiger partial charge in [0.1, 0.15) is 23.0 Å². The molecule has 1 aliphatic heterocycles. The van der Waals surface area contributed by atoms with E-state index in [1.807, 2.05) is 37.3 Å². The molecule has 1 aliphatic carbocycles. The van der Waals surface area contributed by atoms with Gasteiger partial charge in [-0.15, -0.1) is 0 Å². The van der Waals surface area contributed by atoms with Crippen molar-refractivity contribution >= 4 is 17.1 Å². The van der Waals surface area contributed by atoms with E-state index < -0.39 is 5.97 Å². The minimum absolute atomic E-state index is 0.0824. The molecule has 0 bridgehead atoms. The van der Waals surface area contributed by atoms with Crippen LogP contribution in [0.5, 0.6) is 0 Å². The number of aliphatic carboxylic acids is 1. The van der Waals surface area contributed by atoms with Crippen molar-refractivity contribution in [2.45, 2.75) is 32.2 Å². The predicted molar refractivity (Wildman–Crippen MR) is 133 cm³/mol. The summed E-state index contributed by atoms with van der Waals surface area (Å²) in [6.45, 7) is 3.21. The summed E-state index contributed by atoms with van der Waals surface area (Å²) >= 11 is 0. The smallest absolute Gasteiger partial charge is 0.307 e. The Morgan fingerprint density at radius 1 is 1.19 bits per heavy atom. The minimum atomic E-state index is -0.749. The van der Waals surface area contributed by atoms with Crippen LogP contribution in [0.15, 0.2) is 52.9 Å². The number of carboxylic acids is 1. The number of carbonyl (C=O) groups is 1. The Morgan fingerprint density at radius 2 is 2.00 bits per heavy atom. The molecule has 2 aliphatic rings. The van der Waals surface area contributed by atoms with E-state index in [1.165, 1.54) is 12.1 Å². The Balaban J connectivity index is 1.42. The van der Waals surface area contributed by atoms with Crippen molar-refractivity contribution in [2.24, 2.45) is 5.92 Å². The molecule has 2 heterocycles. The van der Waals surface area contributed by atoms with Gasteiger partial charge in [-0.1, -0.05) is 24.3 Å². The zero-order valence-electron chi connectivity index (χ0n) is 19.8. The number of rotatable bonds is 4. The first-order valence-corrected chi connectivity index (χ1v) is 12.1. The van der Waals surface area contributed by atoms with Crippen LogP contribution in [0.25, 0.3) is 33.7 Å². The van der Waals surface area contributed by atoms with Crippen LogP contribution in [0.2, 0.25) is 0 Å². The van der Waals surface area contributed by atoms with E-state index in [0.29, 0.717) is 35.5 Å². The van der Waals surface area contributed by atoms with Crippen LogP contribution in [0.4, 0.5) is 4.39 Å². The molecule has 6 rings (SSSR count). The van der Waals surface area contributed by atoms with E-state index >= 15 is 0 Å². The number of halogens is 1. The maximum Gasteiger partial charge on any atom is 0.307 e. The molecule has 4 aromatic rings. The number of nitrogens with zero attached hydrogens (tertiary/aromatic N) is 3. The highest BCUT2D eigenvalue weighted by atomic mass is 19.1. The average molecular weight is 482 g/mol. The molecule has 36 heavy (non-hydrogen) atoms. The van der Waals surface area contributed by atoms with Crippen LogP contribution in [0.3, 0.4) is 0 Å². The summed E-state index contributed by atoms with van der Waals surface area (Å²) in [6.07, 6.45) is 2.24. The Labute approximate surface area is 207 Å². The topological polar surface area (TPSA) is 90.4 Å². The van der Waals surface area contributed by atoms with E-state index in [4.69, 9.17) is 9.40 Å². The third-order valence-electron chi connectivity index (χ3n) is 7.67. The summed E-state index contributed by atoms with van der Waals surface area (Å²) in [5.74, 6) is -0.972. The largest absolute Gasteiger partial charge is 0.481 e. The van der Waals surface area contributed by atoms with Crippen LogP contribution in [0, 0.1) is 30.0 Å². The van der Waals surface area contributed by atoms with Gasteiger partial charge in [0.15, 0.2) is 5.58 Å². The summed E-state index contributed by atoms with van der Waals surface area (Å²) in [5, 5.41) is 19.5. The highest BCUT2D eigenvalue weighted by Crippen LogP contribution is 2.43. The molecule has 2 atom stereocenters. The second kappa shape index (κ2) is 8.58. The van der Waals surface area contributed by atoms with Crippen molar-refractivity contribution in [3.63, 3.8) is 0 Å². The van der Waals surface area contributed by atoms with Gasteiger partial charge in [-0.05, 0) is 84.8 Å². The maximum absolute atomic E-state index is 13.9. The molecule has 0 radical (unpaired) electrons. The molecule has 180 valence electrons. The van der Waals surface area contributed by atoms with Gasteiger partial charge >= 0.3 is 5.97 Å². The van der Waals surface area contributed by atoms with Gasteiger partial charge in [0.25, 0.3) is 0 Å². The lowest BCUT2D eigenvalue weighted by atomic mass is 9.96. The van der Waals surface area contributed by atoms with Crippen molar-refractivity contribution in [1.82, 2.24) is 9.88 Å². The van der Waals surface area contributed by atoms with Gasteiger partial charge in [-0.2, -0.15) is 5.26 Å². The quantitative estimate of drug-likeness (QED) is 0.392. The maximum atomic E-state index is 13.9. The van der Waals surface area contributed by atoms with Crippen LogP contribution in [0.1, 0.15) is 41.1 Å². The Morgan fingerprint density at radius 3 is 2.75 bits per heavy atom. The molecular formula is C29H24FN3O3. The lowest BCUT2D eigenvalue weighted by Gasteiger charge is -2.24. The van der Waals surface area contributed by atoms with Gasteiger partial charge in [0, 0.05) is 18.2 Å². The Hall–Kier alpha value is -4.02. The number of likely N-dealkylation sites (tertiary alicyclic amines) is 1. The predicted octanol–water partition coefficient (Wildman–Crippen LogP) is 5.87. The second-order valence-electron chi connectivity index (χ2n) is 9.66. The van der Waals surface area contributed by atoms with Crippen LogP contribution in [-0.2, 0) is 11.2 Å². The van der Waals surface area contributed by atoms with Crippen LogP contribution >= 0.6 is 0 Å². The highest BCUT2D eigenvalue weighted by Gasteiger charge is 2.37. The number of benzene rings is 3. The summed E-state index contributed by atoms with van der Waals surface area (Å²) in [7, 11) is 0. The molecule has 0 spiro atoms. The second-order valence-corrected chi connectivity index (χ2v) is 9.66. The summed E-state index contributed by atoms with van der Waals surface area (Å²) < 4.78 is 20.1. The molecular weight excluding hydrogens is 457 g/mol. The van der Waals surface area contributed by atoms with Crippen molar-refractivity contribution in [3.05, 3.63) is 76.6 Å². The van der Waals surface area contributed by atoms with Gasteiger partial charge in [0.2, 0.25) is 5.89 Å². The standard InChI is InChI=1S/C29H24FN3O3/c1-16-20(17-4-2-5-19(30)12-17)6-3-7-21(16)28-32-25-13-23-22(24(14-31)27(25)36-28)8-9-26(23)33-11-10-18(15-33)29(34)35/h2-7,12-13,18,26H,8-11,15H2,1H3,(H,34,35)/t18-,26-/m1/s1. The van der Waals surface area contributed by atoms with E-state index in [9.17, 15) is 19.6 Å². The van der Waals surface area contributed by atoms with Gasteiger partial charge in [-0.3, -0.25) is 9.69 Å². The summed E-state index contributed by atoms with van der Waals surface area (Å²) in [6, 6.07) is 16.7. The van der Waals surface area contributed by atoms with E-state index in [1.54, 1.807) is 6.07 Å². The molecule has 1 fully saturated rings. The molecule has 0 saturated carbocycles. The Kier molecular flexibility index (Phi) is 5.35. The molecule has 1 aromatic heterocycles. The zero-order valence-corrected chi connectivity index (χ0v) is 19.8. The number of fused-ring (bicyclic) bond motifs is 2. The summed E-state index contributed by atoms with van der Waals surface area (Å²) in [5.41, 5.74) is 7.00. The van der Waals surface area contributed by atoms with Crippen molar-refractivity contribution in [2.75, 3.05) is 13.1 Å². The SMILES string of the molecule is Cc1c(-c2cccc(F)c2)cccc1-c1nc2cc3c(c(C#N)c2o1)CC[C@H]3N1CC[C@@H](C(=O)O)C1. The number of oxazole rings is 1. The van der Waals surface area contributed by atoms with Crippen molar-refractivity contribution in [1.29, 1.82) is 5.26 Å². The fourth-order valence-electron chi connectivity index (χ4n) is 5.85. The highest BCUT2D eigenvalue weighted by molar-refractivity contribution is 5.86. The minimum Gasteiger partial charge on any atom is -0.481 e. The number of hydrogen-bond donors (Lipinski definition) is 1. The van der Waals surface area contributed by atoms with Gasteiger partial charge < -0.3 is 9.52 Å². The molecule has 6 nitrogen and oxygen atoms in total. The molecule has 3 aromatic carbocycles. The fourth-order valence-corrected chi connectivity index (χ4v) is 5.85. The van der Waals surface area contributed by atoms with Crippen molar-refractivity contribution in [3.8, 4) is 28.7 Å². The van der Waals surface area contributed by atoms with E-state index in [0.717, 1.165) is 52.8 Å². The number of carboxylic acid groups (broad SMARTS) is 1. The number of aromatic nitrogens is 1. The van der Waals surface area contributed by atoms with Crippen molar-refractivity contribution < 1.29 is 18.7 Å². The van der Waals surface area contributed by atoms with E-state index in [-0.39, 0.29) is 17.8 Å². The third kappa shape index (κ3) is 3.57. The number of nitriles is 1. The number of hydrogen-bond acceptors (Lipinski definition) is 5. The summed E-state index contributed by atoms with van der Waals surface area (Å²) in [4.78, 5) is 18.5. The molecule has 1 N–H and O–H groups in total. The van der Waals surface area contributed by atoms with Gasteiger partial charge in [0.05, 0.1) is 5.92 Å². The third-order valence-corrected chi connectivity index (χ3v) is 7.67. The Bertz CT molecular complexity index is 1570. The molecule has 0 amide bonds. The van der Waals surface area contributed by atoms with Crippen LogP contribution in [-0.4, -0.2) is 34.0 Å². The van der Waals surface area contributed by atoms with Crippen LogP contribution < -0.4 is 0 Å². The lowest BCUT2D eigenvalue weighted by molar-refractivity contribution is -0.141. The van der Waals surface area contributed by atoms with Gasteiger partial charge in [-0.25, -0.2) is 9.37 Å². The fraction of sp³-hybridized carbons (Fsp3) is 0.276. The molecule has 0 unspecified atom stereocenters. The lowest BCUT2D eigenvalue weighted by Crippen LogP contribution is -2.26. The zero-order chi connectivity index (χ0) is 25.0. The first-order chi connectivity index (χ1) is 17.4. The normalized spacial score (nSPS) is 19.5. The van der Waals surface area contributed by atoms with E-state index in [2.05, 4.69) is 11.0 Å². The molecule has 1 saturated heterocycles. The monoisotopic (exact) mass is 481 g/mol. The first-order valence-electron chi connectivity index (χ1n) is 12.1. The average Bonchev–Trinajstić information content (AvgIpc) is 3.60. The molecule has 7 heteroatoms. The first kappa shape index (κ1) is 22.4.